The van der Waals surface area contributed by atoms with Gasteiger partial charge in [0.2, 0.25) is 5.95 Å². The first-order valence-corrected chi connectivity index (χ1v) is 12.2. The van der Waals surface area contributed by atoms with Gasteiger partial charge in [0.05, 0.1) is 24.1 Å². The second-order valence-electron chi connectivity index (χ2n) is 9.09. The summed E-state index contributed by atoms with van der Waals surface area (Å²) in [6, 6.07) is 6.85. The number of aromatic nitrogens is 4. The van der Waals surface area contributed by atoms with Crippen molar-refractivity contribution < 1.29 is 29.3 Å². The lowest BCUT2D eigenvalue weighted by atomic mass is 10.1. The maximum Gasteiger partial charge on any atom is 0.261 e. The van der Waals surface area contributed by atoms with E-state index < -0.39 is 24.5 Å². The number of nitrogens with zero attached hydrogens (tertiary/aromatic N) is 5. The second kappa shape index (κ2) is 10.4. The van der Waals surface area contributed by atoms with Crippen LogP contribution in [0.3, 0.4) is 0 Å². The van der Waals surface area contributed by atoms with Crippen LogP contribution in [0.5, 0.6) is 0 Å². The number of imide groups is 1. The smallest absolute Gasteiger partial charge is 0.261 e. The zero-order chi connectivity index (χ0) is 26.1. The predicted octanol–water partition coefficient (Wildman–Crippen LogP) is 0.483. The number of rotatable bonds is 10. The molecule has 1 saturated heterocycles. The molecule has 2 unspecified atom stereocenters. The molecule has 0 spiro atoms. The van der Waals surface area contributed by atoms with E-state index >= 15 is 0 Å². The molecule has 2 amide bonds. The highest BCUT2D eigenvalue weighted by molar-refractivity contribution is 6.21. The van der Waals surface area contributed by atoms with Crippen molar-refractivity contribution in [2.45, 2.75) is 50.2 Å². The maximum atomic E-state index is 12.5. The van der Waals surface area contributed by atoms with Gasteiger partial charge in [-0.2, -0.15) is 9.97 Å². The number of carbonyl (C=O) groups is 2. The summed E-state index contributed by atoms with van der Waals surface area (Å²) in [5.74, 6) is -0.395. The van der Waals surface area contributed by atoms with E-state index in [4.69, 9.17) is 20.9 Å². The van der Waals surface area contributed by atoms with E-state index in [1.165, 1.54) is 11.2 Å². The second-order valence-corrected chi connectivity index (χ2v) is 9.09. The van der Waals surface area contributed by atoms with Crippen LogP contribution >= 0.6 is 0 Å². The van der Waals surface area contributed by atoms with E-state index in [-0.39, 0.29) is 30.2 Å². The number of nitrogen functional groups attached to an aromatic ring is 2. The van der Waals surface area contributed by atoms with Gasteiger partial charge in [-0.15, -0.1) is 0 Å². The number of amides is 2. The highest BCUT2D eigenvalue weighted by Gasteiger charge is 2.46. The number of fused-ring (bicyclic) bond motifs is 2. The van der Waals surface area contributed by atoms with Crippen molar-refractivity contribution in [3.05, 3.63) is 41.7 Å². The molecule has 6 N–H and O–H groups in total. The quantitative estimate of drug-likeness (QED) is 0.219. The van der Waals surface area contributed by atoms with Crippen LogP contribution in [0.1, 0.15) is 52.6 Å². The molecule has 37 heavy (non-hydrogen) atoms. The summed E-state index contributed by atoms with van der Waals surface area (Å²) in [5, 5.41) is 20.3. The van der Waals surface area contributed by atoms with E-state index in [1.807, 2.05) is 0 Å². The minimum absolute atomic E-state index is 0.0253. The van der Waals surface area contributed by atoms with Crippen LogP contribution in [0.15, 0.2) is 30.6 Å². The van der Waals surface area contributed by atoms with Crippen LogP contribution in [-0.4, -0.2) is 84.5 Å². The zero-order valence-electron chi connectivity index (χ0n) is 20.1. The first-order valence-electron chi connectivity index (χ1n) is 12.2. The van der Waals surface area contributed by atoms with E-state index in [1.54, 1.807) is 28.8 Å². The van der Waals surface area contributed by atoms with E-state index in [2.05, 4.69) is 15.0 Å². The molecule has 0 aliphatic carbocycles. The maximum absolute atomic E-state index is 12.5. The van der Waals surface area contributed by atoms with Gasteiger partial charge in [0.1, 0.15) is 23.8 Å². The van der Waals surface area contributed by atoms with Gasteiger partial charge in [-0.05, 0) is 25.0 Å². The Morgan fingerprint density at radius 1 is 1.03 bits per heavy atom. The van der Waals surface area contributed by atoms with Crippen LogP contribution in [0.4, 0.5) is 11.8 Å². The molecule has 2 aliphatic heterocycles. The minimum Gasteiger partial charge on any atom is -0.394 e. The highest BCUT2D eigenvalue weighted by Crippen LogP contribution is 2.34. The van der Waals surface area contributed by atoms with Gasteiger partial charge >= 0.3 is 0 Å². The van der Waals surface area contributed by atoms with Gasteiger partial charge in [-0.3, -0.25) is 19.1 Å². The number of unbranched alkanes of at least 4 members (excludes halogenated alkanes) is 3. The normalized spacial score (nSPS) is 23.4. The first kappa shape index (κ1) is 25.0. The largest absolute Gasteiger partial charge is 0.394 e. The van der Waals surface area contributed by atoms with Crippen molar-refractivity contribution in [3.8, 4) is 0 Å². The Morgan fingerprint density at radius 2 is 1.73 bits per heavy atom. The van der Waals surface area contributed by atoms with Crippen molar-refractivity contribution >= 4 is 34.7 Å². The molecule has 2 aliphatic rings. The molecule has 2 aromatic heterocycles. The van der Waals surface area contributed by atoms with Gasteiger partial charge < -0.3 is 31.2 Å². The van der Waals surface area contributed by atoms with E-state index in [0.717, 1.165) is 12.8 Å². The molecule has 196 valence electrons. The third kappa shape index (κ3) is 4.62. The topological polar surface area (TPSA) is 192 Å². The summed E-state index contributed by atoms with van der Waals surface area (Å²) in [6.07, 6.45) is 0.919. The number of anilines is 2. The Hall–Kier alpha value is -3.65. The number of imidazole rings is 1. The van der Waals surface area contributed by atoms with Crippen LogP contribution in [-0.2, 0) is 9.47 Å². The Bertz CT molecular complexity index is 1280. The number of carbonyl (C=O) groups excluding carboxylic acids is 2. The van der Waals surface area contributed by atoms with E-state index in [0.29, 0.717) is 48.3 Å². The summed E-state index contributed by atoms with van der Waals surface area (Å²) in [6.45, 7) is 0.310. The first-order chi connectivity index (χ1) is 17.9. The van der Waals surface area contributed by atoms with Crippen LogP contribution < -0.4 is 11.5 Å². The molecule has 4 heterocycles. The van der Waals surface area contributed by atoms with Crippen molar-refractivity contribution in [2.75, 3.05) is 31.2 Å². The molecule has 5 rings (SSSR count). The Balaban J connectivity index is 1.13. The third-order valence-electron chi connectivity index (χ3n) is 6.70. The van der Waals surface area contributed by atoms with Crippen LogP contribution in [0, 0.1) is 0 Å². The molecular formula is C24H29N7O6. The molecule has 4 atom stereocenters. The standard InChI is InChI=1S/C24H29N7O6/c25-19-16-20(29-24(26)28-19)31(12-27-16)23-18(17(33)15(11-32)37-23)36-10-6-2-1-5-9-30-21(34)13-7-3-4-8-14(13)22(30)35/h3-4,7-8,12,15,17-18,23,32-33H,1-2,5-6,9-11H2,(H4,25,26,28,29)/t15-,17?,18?,23-/m1/s1. The fraction of sp³-hybridized carbons (Fsp3) is 0.458. The van der Waals surface area contributed by atoms with Crippen LogP contribution in [0.25, 0.3) is 11.2 Å². The van der Waals surface area contributed by atoms with Gasteiger partial charge in [0.25, 0.3) is 11.8 Å². The lowest BCUT2D eigenvalue weighted by Crippen LogP contribution is -2.35. The molecule has 1 fully saturated rings. The number of benzene rings is 1. The average Bonchev–Trinajstić information content (AvgIpc) is 3.52. The summed E-state index contributed by atoms with van der Waals surface area (Å²) in [7, 11) is 0. The third-order valence-corrected chi connectivity index (χ3v) is 6.70. The van der Waals surface area contributed by atoms with E-state index in [9.17, 15) is 19.8 Å². The summed E-state index contributed by atoms with van der Waals surface area (Å²) >= 11 is 0. The Labute approximate surface area is 212 Å². The number of ether oxygens (including phenoxy) is 2. The van der Waals surface area contributed by atoms with Crippen molar-refractivity contribution in [1.82, 2.24) is 24.4 Å². The number of aliphatic hydroxyl groups is 2. The Kier molecular flexibility index (Phi) is 7.02. The van der Waals surface area contributed by atoms with Crippen molar-refractivity contribution in [1.29, 1.82) is 0 Å². The fourth-order valence-electron chi connectivity index (χ4n) is 4.80. The number of aliphatic hydroxyl groups excluding tert-OH is 2. The van der Waals surface area contributed by atoms with Gasteiger partial charge in [0, 0.05) is 13.2 Å². The molecule has 13 nitrogen and oxygen atoms in total. The molecular weight excluding hydrogens is 482 g/mol. The average molecular weight is 512 g/mol. The predicted molar refractivity (Wildman–Crippen MR) is 131 cm³/mol. The molecule has 0 radical (unpaired) electrons. The number of hydrogen-bond acceptors (Lipinski definition) is 11. The SMILES string of the molecule is Nc1nc(N)c2ncn([C@@H]3O[C@H](CO)C(O)C3OCCCCCCN3C(=O)c4ccccc4C3=O)c2n1. The fourth-order valence-corrected chi connectivity index (χ4v) is 4.80. The minimum atomic E-state index is -1.07. The number of nitrogens with two attached hydrogens (primary N) is 2. The molecule has 1 aromatic carbocycles. The lowest BCUT2D eigenvalue weighted by molar-refractivity contribution is -0.0711. The van der Waals surface area contributed by atoms with Crippen molar-refractivity contribution in [2.24, 2.45) is 0 Å². The molecule has 3 aromatic rings. The van der Waals surface area contributed by atoms with Gasteiger partial charge in [-0.25, -0.2) is 4.98 Å². The summed E-state index contributed by atoms with van der Waals surface area (Å²) < 4.78 is 13.4. The Morgan fingerprint density at radius 3 is 2.43 bits per heavy atom. The van der Waals surface area contributed by atoms with Crippen molar-refractivity contribution in [3.63, 3.8) is 0 Å². The van der Waals surface area contributed by atoms with Crippen LogP contribution in [0.2, 0.25) is 0 Å². The summed E-state index contributed by atoms with van der Waals surface area (Å²) in [5.41, 5.74) is 13.2. The van der Waals surface area contributed by atoms with Gasteiger partial charge in [-0.1, -0.05) is 25.0 Å². The van der Waals surface area contributed by atoms with Gasteiger partial charge in [0.15, 0.2) is 17.7 Å². The lowest BCUT2D eigenvalue weighted by Gasteiger charge is -2.22. The molecule has 0 bridgehead atoms. The molecule has 13 heteroatoms. The molecule has 0 saturated carbocycles. The summed E-state index contributed by atoms with van der Waals surface area (Å²) in [4.78, 5) is 38.5. The zero-order valence-corrected chi connectivity index (χ0v) is 20.1. The monoisotopic (exact) mass is 511 g/mol. The highest BCUT2D eigenvalue weighted by atomic mass is 16.6. The number of hydrogen-bond donors (Lipinski definition) is 4.